The average Bonchev–Trinajstić information content (AvgIpc) is 1.92. The molecule has 0 aromatic heterocycles. The van der Waals surface area contributed by atoms with Gasteiger partial charge >= 0.3 is 43.9 Å². The minimum absolute atomic E-state index is 0. The molecule has 0 unspecified atom stereocenters. The van der Waals surface area contributed by atoms with E-state index < -0.39 is 0 Å². The number of rotatable bonds is 2. The van der Waals surface area contributed by atoms with Crippen LogP contribution in [0.5, 0.6) is 0 Å². The summed E-state index contributed by atoms with van der Waals surface area (Å²) in [6.45, 7) is 7.71. The molecule has 0 aliphatic rings. The van der Waals surface area contributed by atoms with Crippen molar-refractivity contribution < 1.29 is 10.2 Å². The molecule has 0 saturated carbocycles. The van der Waals surface area contributed by atoms with Gasteiger partial charge in [-0.05, 0) is 0 Å². The topological polar surface area (TPSA) is 46.1 Å². The molecule has 0 bridgehead atoms. The van der Waals surface area contributed by atoms with Crippen molar-refractivity contribution in [2.24, 2.45) is 0 Å². The van der Waals surface area contributed by atoms with Gasteiger partial charge in [0.1, 0.15) is 0 Å². The van der Waals surface area contributed by atoms with Gasteiger partial charge in [0.2, 0.25) is 0 Å². The monoisotopic (exact) mass is 268 g/mol. The molecule has 0 spiro atoms. The molecule has 0 aliphatic carbocycles. The molecule has 0 aliphatic heterocycles. The van der Waals surface area contributed by atoms with E-state index in [2.05, 4.69) is 13.8 Å². The van der Waals surface area contributed by atoms with Crippen LogP contribution in [0, 0.1) is 0 Å². The first-order valence-electron chi connectivity index (χ1n) is 4.11. The van der Waals surface area contributed by atoms with E-state index in [-0.39, 0.29) is 34.4 Å². The van der Waals surface area contributed by atoms with Gasteiger partial charge in [-0.15, -0.1) is 13.2 Å². The molecule has 0 fully saturated rings. The van der Waals surface area contributed by atoms with Crippen LogP contribution < -0.4 is 10.2 Å². The molecule has 11 heavy (non-hydrogen) atoms. The van der Waals surface area contributed by atoms with Crippen LogP contribution in [0.3, 0.4) is 0 Å². The van der Waals surface area contributed by atoms with Gasteiger partial charge in [0, 0.05) is 0 Å². The van der Waals surface area contributed by atoms with E-state index in [1.165, 1.54) is 8.87 Å². The zero-order chi connectivity index (χ0) is 9.54. The van der Waals surface area contributed by atoms with E-state index in [1.807, 2.05) is 0 Å². The van der Waals surface area contributed by atoms with Crippen molar-refractivity contribution in [3.63, 3.8) is 0 Å². The van der Waals surface area contributed by atoms with Crippen molar-refractivity contribution in [3.8, 4) is 0 Å². The number of hydrogen-bond acceptors (Lipinski definition) is 2. The van der Waals surface area contributed by atoms with Crippen LogP contribution in [-0.4, -0.2) is 34.4 Å². The van der Waals surface area contributed by atoms with Crippen LogP contribution in [0.2, 0.25) is 8.87 Å². The van der Waals surface area contributed by atoms with Gasteiger partial charge in [0.05, 0.1) is 0 Å². The molecule has 0 N–H and O–H groups in total. The van der Waals surface area contributed by atoms with Gasteiger partial charge in [0.25, 0.3) is 0 Å². The molecule has 0 rings (SSSR count). The fraction of sp³-hybridized carbons (Fsp3) is 1.00. The molecule has 0 amide bonds. The van der Waals surface area contributed by atoms with Gasteiger partial charge in [-0.2, -0.15) is 0 Å². The fourth-order valence-corrected chi connectivity index (χ4v) is 1.68. The van der Waals surface area contributed by atoms with E-state index in [4.69, 9.17) is 10.2 Å². The van der Waals surface area contributed by atoms with Gasteiger partial charge in [-0.25, -0.2) is 0 Å². The van der Waals surface area contributed by atoms with Crippen LogP contribution in [0.1, 0.15) is 27.7 Å². The average molecular weight is 267 g/mol. The predicted molar refractivity (Wildman–Crippen MR) is 47.8 cm³/mol. The summed E-state index contributed by atoms with van der Waals surface area (Å²) in [4.78, 5) is 0. The zero-order valence-corrected chi connectivity index (χ0v) is 11.0. The summed E-state index contributed by atoms with van der Waals surface area (Å²) >= 11 is 0.218. The van der Waals surface area contributed by atoms with Crippen LogP contribution in [0.15, 0.2) is 0 Å². The third kappa shape index (κ3) is 110. The molecule has 0 aromatic rings. The Hall–Kier alpha value is 0.719. The maximum atomic E-state index is 8.93. The Morgan fingerprint density at radius 3 is 1.00 bits per heavy atom. The van der Waals surface area contributed by atoms with E-state index >= 15 is 0 Å². The van der Waals surface area contributed by atoms with Crippen LogP contribution >= 0.6 is 0 Å². The Bertz CT molecular complexity index is 31.3. The normalized spacial score (nSPS) is 6.36. The Morgan fingerprint density at radius 2 is 1.00 bits per heavy atom. The summed E-state index contributed by atoms with van der Waals surface area (Å²) in [5.41, 5.74) is 0. The molecule has 0 heterocycles. The molecule has 2 nitrogen and oxygen atoms in total. The molecule has 0 atom stereocenters. The number of hydrogen-bond donors (Lipinski definition) is 0. The molecule has 0 aromatic carbocycles. The Balaban J connectivity index is -0.0000000933. The van der Waals surface area contributed by atoms with Gasteiger partial charge in [0.15, 0.2) is 0 Å². The third-order valence-electron chi connectivity index (χ3n) is 0.500. The quantitative estimate of drug-likeness (QED) is 0.675. The zero-order valence-electron chi connectivity index (χ0n) is 8.14. The maximum absolute atomic E-state index is 8.93. The summed E-state index contributed by atoms with van der Waals surface area (Å²) in [6.07, 6.45) is 0. The Morgan fingerprint density at radius 1 is 0.818 bits per heavy atom. The first-order valence-corrected chi connectivity index (χ1v) is 8.15. The summed E-state index contributed by atoms with van der Waals surface area (Å²) in [5.74, 6) is 0. The van der Waals surface area contributed by atoms with Crippen LogP contribution in [-0.2, 0) is 0 Å². The van der Waals surface area contributed by atoms with E-state index in [0.29, 0.717) is 0 Å². The molecule has 68 valence electrons. The molecule has 3 heteroatoms. The minimum atomic E-state index is 0. The van der Waals surface area contributed by atoms with E-state index in [0.717, 1.165) is 0 Å². The second-order valence-corrected chi connectivity index (χ2v) is 7.00. The first-order chi connectivity index (χ1) is 5.24. The second-order valence-electron chi connectivity index (χ2n) is 1.53. The predicted octanol–water partition coefficient (Wildman–Crippen LogP) is 0.300. The fourth-order valence-electron chi connectivity index (χ4n) is 0.250. The van der Waals surface area contributed by atoms with Crippen molar-refractivity contribution in [2.75, 3.05) is 13.2 Å². The van der Waals surface area contributed by atoms with Crippen LogP contribution in [0.25, 0.3) is 0 Å². The summed E-state index contributed by atoms with van der Waals surface area (Å²) in [5, 5.41) is 17.9. The molecule has 0 radical (unpaired) electrons. The summed E-state index contributed by atoms with van der Waals surface area (Å²) < 4.78 is 3.03. The molecule has 0 saturated heterocycles. The van der Waals surface area contributed by atoms with Gasteiger partial charge in [-0.3, -0.25) is 0 Å². The third-order valence-corrected chi connectivity index (χ3v) is 3.35. The van der Waals surface area contributed by atoms with Crippen molar-refractivity contribution >= 4 is 21.1 Å². The summed E-state index contributed by atoms with van der Waals surface area (Å²) in [7, 11) is 0. The van der Waals surface area contributed by atoms with Crippen molar-refractivity contribution in [1.82, 2.24) is 0 Å². The van der Waals surface area contributed by atoms with Gasteiger partial charge < -0.3 is 10.2 Å². The van der Waals surface area contributed by atoms with Crippen molar-refractivity contribution in [2.45, 2.75) is 36.6 Å². The Labute approximate surface area is 81.2 Å². The van der Waals surface area contributed by atoms with E-state index in [1.54, 1.807) is 13.8 Å². The second kappa shape index (κ2) is 31.0. The molecular weight excluding hydrogens is 247 g/mol. The standard InChI is InChI=1S/2C2H5O.2C2H5.Sn/c2*1-2-3;2*1-2;/h2*2H2,1H3;2*1H2,2H3;/q2*-1;;;+2. The molecular formula is C8H20O2Sn. The van der Waals surface area contributed by atoms with Crippen molar-refractivity contribution in [3.05, 3.63) is 0 Å². The summed E-state index contributed by atoms with van der Waals surface area (Å²) in [6, 6.07) is 0. The van der Waals surface area contributed by atoms with Crippen LogP contribution in [0.4, 0.5) is 0 Å². The SMILES string of the molecule is CC[O-].CC[O-].C[CH2][Sn+2][CH2]C. The van der Waals surface area contributed by atoms with Gasteiger partial charge in [-0.1, -0.05) is 13.8 Å². The first kappa shape index (κ1) is 17.7. The Kier molecular flexibility index (Phi) is 49.8. The van der Waals surface area contributed by atoms with Crippen molar-refractivity contribution in [1.29, 1.82) is 0 Å². The van der Waals surface area contributed by atoms with E-state index in [9.17, 15) is 0 Å².